The van der Waals surface area contributed by atoms with Crippen LogP contribution >= 0.6 is 0 Å². The van der Waals surface area contributed by atoms with Crippen molar-refractivity contribution in [3.05, 3.63) is 0 Å². The molecule has 0 unspecified atom stereocenters. The maximum absolute atomic E-state index is 6.12. The fraction of sp³-hybridized carbons (Fsp3) is 1.00. The summed E-state index contributed by atoms with van der Waals surface area (Å²) >= 11 is 0. The van der Waals surface area contributed by atoms with Gasteiger partial charge in [0.1, 0.15) is 0 Å². The average Bonchev–Trinajstić information content (AvgIpc) is 2.38. The van der Waals surface area contributed by atoms with E-state index < -0.39 is 0 Å². The Morgan fingerprint density at radius 2 is 1.71 bits per heavy atom. The van der Waals surface area contributed by atoms with Crippen LogP contribution in [-0.2, 0) is 0 Å². The molecule has 1 rings (SSSR count). The van der Waals surface area contributed by atoms with Gasteiger partial charge in [0.05, 0.1) is 0 Å². The number of hydrogen-bond donors (Lipinski definition) is 1. The van der Waals surface area contributed by atoms with Gasteiger partial charge in [-0.3, -0.25) is 0 Å². The van der Waals surface area contributed by atoms with Crippen LogP contribution in [0.5, 0.6) is 0 Å². The number of rotatable bonds is 7. The summed E-state index contributed by atoms with van der Waals surface area (Å²) in [6.07, 6.45) is 12.5. The van der Waals surface area contributed by atoms with Crippen molar-refractivity contribution in [2.45, 2.75) is 78.6 Å². The van der Waals surface area contributed by atoms with Crippen LogP contribution in [0.1, 0.15) is 78.6 Å². The van der Waals surface area contributed by atoms with E-state index in [-0.39, 0.29) is 0 Å². The van der Waals surface area contributed by atoms with Crippen LogP contribution in [0.3, 0.4) is 0 Å². The summed E-state index contributed by atoms with van der Waals surface area (Å²) in [4.78, 5) is 0. The zero-order valence-corrected chi connectivity index (χ0v) is 12.3. The third kappa shape index (κ3) is 4.28. The van der Waals surface area contributed by atoms with Gasteiger partial charge in [0.15, 0.2) is 0 Å². The first-order chi connectivity index (χ1) is 8.19. The molecule has 17 heavy (non-hydrogen) atoms. The van der Waals surface area contributed by atoms with Crippen molar-refractivity contribution >= 4 is 0 Å². The molecule has 1 aliphatic rings. The Labute approximate surface area is 109 Å². The molecule has 1 saturated carbocycles. The van der Waals surface area contributed by atoms with Gasteiger partial charge >= 0.3 is 0 Å². The Morgan fingerprint density at radius 3 is 2.12 bits per heavy atom. The molecule has 0 aromatic rings. The lowest BCUT2D eigenvalue weighted by Crippen LogP contribution is -2.36. The van der Waals surface area contributed by atoms with Crippen LogP contribution in [0.4, 0.5) is 0 Å². The van der Waals surface area contributed by atoms with Crippen LogP contribution in [0.25, 0.3) is 0 Å². The summed E-state index contributed by atoms with van der Waals surface area (Å²) in [5, 5.41) is 0. The fourth-order valence-corrected chi connectivity index (χ4v) is 3.67. The third-order valence-electron chi connectivity index (χ3n) is 5.17. The van der Waals surface area contributed by atoms with Gasteiger partial charge in [0, 0.05) is 0 Å². The Morgan fingerprint density at radius 1 is 1.12 bits per heavy atom. The minimum Gasteiger partial charge on any atom is -0.330 e. The summed E-state index contributed by atoms with van der Waals surface area (Å²) < 4.78 is 0. The maximum atomic E-state index is 6.12. The normalized spacial score (nSPS) is 29.8. The van der Waals surface area contributed by atoms with Gasteiger partial charge < -0.3 is 5.73 Å². The van der Waals surface area contributed by atoms with Gasteiger partial charge in [0.2, 0.25) is 0 Å². The van der Waals surface area contributed by atoms with Crippen LogP contribution in [0, 0.1) is 17.3 Å². The summed E-state index contributed by atoms with van der Waals surface area (Å²) in [5.41, 5.74) is 6.62. The second-order valence-electron chi connectivity index (χ2n) is 6.32. The van der Waals surface area contributed by atoms with Crippen molar-refractivity contribution < 1.29 is 0 Å². The van der Waals surface area contributed by atoms with Crippen molar-refractivity contribution in [2.75, 3.05) is 6.54 Å². The SMILES string of the molecule is CCCC1CCC(CN)(CC(CC)CC)CC1. The van der Waals surface area contributed by atoms with Crippen LogP contribution in [-0.4, -0.2) is 6.54 Å². The quantitative estimate of drug-likeness (QED) is 0.682. The molecule has 1 heteroatoms. The van der Waals surface area contributed by atoms with Crippen LogP contribution in [0.2, 0.25) is 0 Å². The molecule has 0 radical (unpaired) electrons. The molecular weight excluding hydrogens is 206 g/mol. The van der Waals surface area contributed by atoms with E-state index in [2.05, 4.69) is 20.8 Å². The summed E-state index contributed by atoms with van der Waals surface area (Å²) in [6, 6.07) is 0. The van der Waals surface area contributed by atoms with Gasteiger partial charge in [-0.2, -0.15) is 0 Å². The second-order valence-corrected chi connectivity index (χ2v) is 6.32. The molecule has 1 fully saturated rings. The minimum atomic E-state index is 0.501. The van der Waals surface area contributed by atoms with Crippen molar-refractivity contribution in [3.63, 3.8) is 0 Å². The Kier molecular flexibility index (Phi) is 6.54. The summed E-state index contributed by atoms with van der Waals surface area (Å²) in [5.74, 6) is 1.91. The molecule has 0 heterocycles. The molecule has 0 bridgehead atoms. The molecule has 102 valence electrons. The van der Waals surface area contributed by atoms with E-state index in [0.29, 0.717) is 5.41 Å². The van der Waals surface area contributed by atoms with Crippen molar-refractivity contribution in [3.8, 4) is 0 Å². The molecule has 0 aromatic carbocycles. The van der Waals surface area contributed by atoms with Crippen molar-refractivity contribution in [1.29, 1.82) is 0 Å². The predicted molar refractivity (Wildman–Crippen MR) is 77.0 cm³/mol. The Balaban J connectivity index is 2.48. The van der Waals surface area contributed by atoms with Gasteiger partial charge in [-0.25, -0.2) is 0 Å². The predicted octanol–water partition coefficient (Wildman–Crippen LogP) is 4.75. The lowest BCUT2D eigenvalue weighted by Gasteiger charge is -2.41. The molecule has 0 spiro atoms. The molecular formula is C16H33N. The van der Waals surface area contributed by atoms with Gasteiger partial charge in [-0.05, 0) is 55.9 Å². The maximum Gasteiger partial charge on any atom is -0.00204 e. The fourth-order valence-electron chi connectivity index (χ4n) is 3.67. The van der Waals surface area contributed by atoms with E-state index >= 15 is 0 Å². The first-order valence-corrected chi connectivity index (χ1v) is 7.89. The van der Waals surface area contributed by atoms with Crippen LogP contribution < -0.4 is 5.73 Å². The summed E-state index contributed by atoms with van der Waals surface area (Å²) in [6.45, 7) is 7.90. The smallest absolute Gasteiger partial charge is 0.00204 e. The summed E-state index contributed by atoms with van der Waals surface area (Å²) in [7, 11) is 0. The van der Waals surface area contributed by atoms with E-state index in [1.165, 1.54) is 57.8 Å². The highest BCUT2D eigenvalue weighted by molar-refractivity contribution is 4.88. The monoisotopic (exact) mass is 239 g/mol. The van der Waals surface area contributed by atoms with E-state index in [1.807, 2.05) is 0 Å². The largest absolute Gasteiger partial charge is 0.330 e. The van der Waals surface area contributed by atoms with E-state index in [9.17, 15) is 0 Å². The van der Waals surface area contributed by atoms with Crippen molar-refractivity contribution in [1.82, 2.24) is 0 Å². The first kappa shape index (κ1) is 15.0. The van der Waals surface area contributed by atoms with E-state index in [4.69, 9.17) is 5.73 Å². The van der Waals surface area contributed by atoms with Crippen molar-refractivity contribution in [2.24, 2.45) is 23.0 Å². The number of hydrogen-bond acceptors (Lipinski definition) is 1. The molecule has 2 N–H and O–H groups in total. The number of nitrogens with two attached hydrogens (primary N) is 1. The molecule has 1 nitrogen and oxygen atoms in total. The van der Waals surface area contributed by atoms with E-state index in [1.54, 1.807) is 0 Å². The van der Waals surface area contributed by atoms with Gasteiger partial charge in [-0.1, -0.05) is 46.5 Å². The molecule has 0 saturated heterocycles. The lowest BCUT2D eigenvalue weighted by atomic mass is 9.65. The topological polar surface area (TPSA) is 26.0 Å². The molecule has 0 aromatic heterocycles. The average molecular weight is 239 g/mol. The highest BCUT2D eigenvalue weighted by atomic mass is 14.6. The zero-order valence-electron chi connectivity index (χ0n) is 12.3. The highest BCUT2D eigenvalue weighted by Crippen LogP contribution is 2.44. The third-order valence-corrected chi connectivity index (χ3v) is 5.17. The van der Waals surface area contributed by atoms with E-state index in [0.717, 1.165) is 18.4 Å². The molecule has 0 amide bonds. The molecule has 0 aliphatic heterocycles. The highest BCUT2D eigenvalue weighted by Gasteiger charge is 2.35. The minimum absolute atomic E-state index is 0.501. The Hall–Kier alpha value is -0.0400. The molecule has 1 aliphatic carbocycles. The second kappa shape index (κ2) is 7.41. The first-order valence-electron chi connectivity index (χ1n) is 7.89. The zero-order chi connectivity index (χ0) is 12.7. The lowest BCUT2D eigenvalue weighted by molar-refractivity contribution is 0.114. The Bertz CT molecular complexity index is 188. The van der Waals surface area contributed by atoms with Crippen LogP contribution in [0.15, 0.2) is 0 Å². The van der Waals surface area contributed by atoms with Gasteiger partial charge in [0.25, 0.3) is 0 Å². The van der Waals surface area contributed by atoms with Gasteiger partial charge in [-0.15, -0.1) is 0 Å². The standard InChI is InChI=1S/C16H33N/c1-4-7-15-8-10-16(13-17,11-9-15)12-14(5-2)6-3/h14-15H,4-13,17H2,1-3H3. The molecule has 0 atom stereocenters.